The molecular formula is C16H16N4O2. The number of anilines is 2. The molecule has 1 aromatic carbocycles. The molecule has 22 heavy (non-hydrogen) atoms. The van der Waals surface area contributed by atoms with Crippen LogP contribution < -0.4 is 16.0 Å². The Balaban J connectivity index is 1.91. The van der Waals surface area contributed by atoms with Gasteiger partial charge in [0.15, 0.2) is 0 Å². The molecule has 0 saturated heterocycles. The highest BCUT2D eigenvalue weighted by Gasteiger charge is 2.28. The average Bonchev–Trinajstić information content (AvgIpc) is 2.66. The fraction of sp³-hybridized carbons (Fsp3) is 0.188. The van der Waals surface area contributed by atoms with Gasteiger partial charge in [-0.05, 0) is 23.8 Å². The summed E-state index contributed by atoms with van der Waals surface area (Å²) < 4.78 is 0. The van der Waals surface area contributed by atoms with Crippen molar-refractivity contribution >= 4 is 23.2 Å². The normalized spacial score (nSPS) is 17.4. The zero-order valence-electron chi connectivity index (χ0n) is 11.9. The van der Waals surface area contributed by atoms with E-state index in [0.717, 1.165) is 5.56 Å². The molecule has 3 rings (SSSR count). The molecule has 0 saturated carbocycles. The SMILES string of the molecule is NC1CN(C(=O)Cc2cccnc2)c2ccccc2NC1=O. The number of carbonyl (C=O) groups is 2. The Labute approximate surface area is 127 Å². The van der Waals surface area contributed by atoms with Crippen molar-refractivity contribution in [2.45, 2.75) is 12.5 Å². The molecular weight excluding hydrogens is 280 g/mol. The zero-order valence-corrected chi connectivity index (χ0v) is 11.9. The van der Waals surface area contributed by atoms with Gasteiger partial charge in [-0.1, -0.05) is 18.2 Å². The van der Waals surface area contributed by atoms with Gasteiger partial charge in [0.25, 0.3) is 0 Å². The number of pyridine rings is 1. The molecule has 0 fully saturated rings. The molecule has 1 aliphatic heterocycles. The molecule has 0 radical (unpaired) electrons. The third-order valence-electron chi connectivity index (χ3n) is 3.55. The molecule has 2 heterocycles. The summed E-state index contributed by atoms with van der Waals surface area (Å²) >= 11 is 0. The Morgan fingerprint density at radius 3 is 2.91 bits per heavy atom. The number of nitrogens with two attached hydrogens (primary N) is 1. The number of aromatic nitrogens is 1. The van der Waals surface area contributed by atoms with Crippen LogP contribution in [0.5, 0.6) is 0 Å². The minimum Gasteiger partial charge on any atom is -0.323 e. The summed E-state index contributed by atoms with van der Waals surface area (Å²) in [5, 5.41) is 2.75. The van der Waals surface area contributed by atoms with Crippen LogP contribution in [0.3, 0.4) is 0 Å². The van der Waals surface area contributed by atoms with Gasteiger partial charge in [-0.25, -0.2) is 0 Å². The first-order valence-corrected chi connectivity index (χ1v) is 7.00. The van der Waals surface area contributed by atoms with Crippen molar-refractivity contribution in [2.24, 2.45) is 5.73 Å². The van der Waals surface area contributed by atoms with Crippen molar-refractivity contribution in [1.29, 1.82) is 0 Å². The maximum atomic E-state index is 12.6. The highest BCUT2D eigenvalue weighted by Crippen LogP contribution is 2.28. The van der Waals surface area contributed by atoms with E-state index in [4.69, 9.17) is 5.73 Å². The number of hydrogen-bond acceptors (Lipinski definition) is 4. The predicted molar refractivity (Wildman–Crippen MR) is 83.3 cm³/mol. The molecule has 1 aliphatic rings. The molecule has 3 N–H and O–H groups in total. The van der Waals surface area contributed by atoms with E-state index in [9.17, 15) is 9.59 Å². The van der Waals surface area contributed by atoms with Gasteiger partial charge in [-0.15, -0.1) is 0 Å². The summed E-state index contributed by atoms with van der Waals surface area (Å²) in [6.07, 6.45) is 3.53. The van der Waals surface area contributed by atoms with Gasteiger partial charge in [-0.2, -0.15) is 0 Å². The van der Waals surface area contributed by atoms with Crippen LogP contribution in [0.25, 0.3) is 0 Å². The quantitative estimate of drug-likeness (QED) is 0.863. The van der Waals surface area contributed by atoms with E-state index < -0.39 is 6.04 Å². The van der Waals surface area contributed by atoms with Crippen molar-refractivity contribution in [1.82, 2.24) is 4.98 Å². The van der Waals surface area contributed by atoms with Crippen LogP contribution >= 0.6 is 0 Å². The maximum Gasteiger partial charge on any atom is 0.243 e. The summed E-state index contributed by atoms with van der Waals surface area (Å²) in [6, 6.07) is 10.1. The molecule has 6 heteroatoms. The molecule has 1 unspecified atom stereocenters. The van der Waals surface area contributed by atoms with Crippen molar-refractivity contribution in [3.05, 3.63) is 54.4 Å². The van der Waals surface area contributed by atoms with E-state index >= 15 is 0 Å². The van der Waals surface area contributed by atoms with Crippen LogP contribution in [0.15, 0.2) is 48.8 Å². The van der Waals surface area contributed by atoms with Crippen LogP contribution in [0.2, 0.25) is 0 Å². The van der Waals surface area contributed by atoms with Gasteiger partial charge in [0.05, 0.1) is 24.3 Å². The molecule has 0 aliphatic carbocycles. The molecule has 6 nitrogen and oxygen atoms in total. The maximum absolute atomic E-state index is 12.6. The number of benzene rings is 1. The summed E-state index contributed by atoms with van der Waals surface area (Å²) in [4.78, 5) is 30.1. The van der Waals surface area contributed by atoms with E-state index in [-0.39, 0.29) is 24.8 Å². The lowest BCUT2D eigenvalue weighted by atomic mass is 10.1. The Kier molecular flexibility index (Phi) is 3.84. The van der Waals surface area contributed by atoms with Crippen LogP contribution in [0.4, 0.5) is 11.4 Å². The number of amides is 2. The summed E-state index contributed by atoms with van der Waals surface area (Å²) in [7, 11) is 0. The van der Waals surface area contributed by atoms with Crippen LogP contribution in [-0.2, 0) is 16.0 Å². The lowest BCUT2D eigenvalue weighted by Gasteiger charge is -2.23. The van der Waals surface area contributed by atoms with E-state index in [1.807, 2.05) is 12.1 Å². The summed E-state index contributed by atoms with van der Waals surface area (Å²) in [5.74, 6) is -0.406. The standard InChI is InChI=1S/C16H16N4O2/c17-12-10-20(15(21)8-11-4-3-7-18-9-11)14-6-2-1-5-13(14)19-16(12)22/h1-7,9,12H,8,10,17H2,(H,19,22). The van der Waals surface area contributed by atoms with E-state index in [2.05, 4.69) is 10.3 Å². The minimum atomic E-state index is -0.759. The fourth-order valence-corrected chi connectivity index (χ4v) is 2.43. The monoisotopic (exact) mass is 296 g/mol. The second-order valence-corrected chi connectivity index (χ2v) is 5.16. The highest BCUT2D eigenvalue weighted by atomic mass is 16.2. The number of nitrogens with zero attached hydrogens (tertiary/aromatic N) is 2. The molecule has 1 atom stereocenters. The smallest absolute Gasteiger partial charge is 0.243 e. The largest absolute Gasteiger partial charge is 0.323 e. The van der Waals surface area contributed by atoms with Gasteiger partial charge in [0, 0.05) is 12.4 Å². The lowest BCUT2D eigenvalue weighted by Crippen LogP contribution is -2.45. The molecule has 112 valence electrons. The second kappa shape index (κ2) is 5.95. The van der Waals surface area contributed by atoms with Crippen LogP contribution in [0.1, 0.15) is 5.56 Å². The zero-order chi connectivity index (χ0) is 15.5. The van der Waals surface area contributed by atoms with Crippen molar-refractivity contribution < 1.29 is 9.59 Å². The average molecular weight is 296 g/mol. The van der Waals surface area contributed by atoms with Crippen molar-refractivity contribution in [3.63, 3.8) is 0 Å². The van der Waals surface area contributed by atoms with Gasteiger partial charge >= 0.3 is 0 Å². The Bertz CT molecular complexity index is 702. The van der Waals surface area contributed by atoms with E-state index in [0.29, 0.717) is 11.4 Å². The molecule has 0 bridgehead atoms. The third-order valence-corrected chi connectivity index (χ3v) is 3.55. The highest BCUT2D eigenvalue weighted by molar-refractivity contribution is 6.06. The van der Waals surface area contributed by atoms with Crippen LogP contribution in [0, 0.1) is 0 Å². The summed E-state index contributed by atoms with van der Waals surface area (Å²) in [6.45, 7) is 0.155. The number of rotatable bonds is 2. The molecule has 2 amide bonds. The van der Waals surface area contributed by atoms with Gasteiger partial charge in [0.1, 0.15) is 6.04 Å². The van der Waals surface area contributed by atoms with Crippen LogP contribution in [-0.4, -0.2) is 29.4 Å². The first kappa shape index (κ1) is 14.2. The number of nitrogens with one attached hydrogen (secondary N) is 1. The second-order valence-electron chi connectivity index (χ2n) is 5.16. The number of hydrogen-bond donors (Lipinski definition) is 2. The minimum absolute atomic E-state index is 0.118. The van der Waals surface area contributed by atoms with Gasteiger partial charge in [0.2, 0.25) is 11.8 Å². The van der Waals surface area contributed by atoms with Gasteiger partial charge < -0.3 is 16.0 Å². The van der Waals surface area contributed by atoms with E-state index in [1.165, 1.54) is 0 Å². The summed E-state index contributed by atoms with van der Waals surface area (Å²) in [5.41, 5.74) is 7.94. The number of fused-ring (bicyclic) bond motifs is 1. The first-order chi connectivity index (χ1) is 10.6. The molecule has 0 spiro atoms. The van der Waals surface area contributed by atoms with Crippen molar-refractivity contribution in [2.75, 3.05) is 16.8 Å². The Morgan fingerprint density at radius 2 is 2.14 bits per heavy atom. The number of carbonyl (C=O) groups excluding carboxylic acids is 2. The molecule has 1 aromatic heterocycles. The third kappa shape index (κ3) is 2.82. The Hall–Kier alpha value is -2.73. The topological polar surface area (TPSA) is 88.3 Å². The molecule has 2 aromatic rings. The Morgan fingerprint density at radius 1 is 1.32 bits per heavy atom. The van der Waals surface area contributed by atoms with E-state index in [1.54, 1.807) is 41.6 Å². The van der Waals surface area contributed by atoms with Crippen molar-refractivity contribution in [3.8, 4) is 0 Å². The lowest BCUT2D eigenvalue weighted by molar-refractivity contribution is -0.118. The number of para-hydroxylation sites is 2. The predicted octanol–water partition coefficient (Wildman–Crippen LogP) is 0.937. The first-order valence-electron chi connectivity index (χ1n) is 7.00. The fourth-order valence-electron chi connectivity index (χ4n) is 2.43. The van der Waals surface area contributed by atoms with Gasteiger partial charge in [-0.3, -0.25) is 14.6 Å².